The highest BCUT2D eigenvalue weighted by Crippen LogP contribution is 2.06. The van der Waals surface area contributed by atoms with Gasteiger partial charge < -0.3 is 9.72 Å². The van der Waals surface area contributed by atoms with Crippen LogP contribution in [0.1, 0.15) is 17.4 Å². The van der Waals surface area contributed by atoms with Gasteiger partial charge in [-0.15, -0.1) is 11.8 Å². The Labute approximate surface area is 92.4 Å². The number of aromatic amines is 1. The van der Waals surface area contributed by atoms with Crippen molar-refractivity contribution in [2.45, 2.75) is 6.92 Å². The van der Waals surface area contributed by atoms with Crippen LogP contribution in [-0.2, 0) is 9.53 Å². The number of carbonyl (C=O) groups excluding carboxylic acids is 2. The summed E-state index contributed by atoms with van der Waals surface area (Å²) in [6, 6.07) is 3.48. The molecular formula is C10H13NO3S. The number of Topliss-reactive ketones (excluding diaryl/α,β-unsaturated/α-hetero) is 1. The molecule has 0 aromatic carbocycles. The first-order chi connectivity index (χ1) is 7.24. The maximum absolute atomic E-state index is 11.4. The highest BCUT2D eigenvalue weighted by atomic mass is 32.2. The number of nitrogens with one attached hydrogen (secondary N) is 1. The number of esters is 1. The summed E-state index contributed by atoms with van der Waals surface area (Å²) in [5.74, 6) is 0.232. The summed E-state index contributed by atoms with van der Waals surface area (Å²) in [4.78, 5) is 25.2. The molecule has 0 spiro atoms. The summed E-state index contributed by atoms with van der Waals surface area (Å²) >= 11 is 1.26. The number of hydrogen-bond donors (Lipinski definition) is 1. The zero-order valence-electron chi connectivity index (χ0n) is 8.49. The van der Waals surface area contributed by atoms with Gasteiger partial charge >= 0.3 is 5.97 Å². The van der Waals surface area contributed by atoms with Gasteiger partial charge in [-0.2, -0.15) is 0 Å². The molecule has 5 heteroatoms. The predicted molar refractivity (Wildman–Crippen MR) is 59.1 cm³/mol. The normalized spacial score (nSPS) is 9.93. The molecule has 0 unspecified atom stereocenters. The van der Waals surface area contributed by atoms with Gasteiger partial charge in [0.15, 0.2) is 5.78 Å². The van der Waals surface area contributed by atoms with E-state index in [2.05, 4.69) is 4.98 Å². The molecule has 1 N–H and O–H groups in total. The molecule has 0 aliphatic heterocycles. The lowest BCUT2D eigenvalue weighted by atomic mass is 10.3. The molecule has 0 radical (unpaired) electrons. The molecule has 15 heavy (non-hydrogen) atoms. The molecule has 0 atom stereocenters. The average molecular weight is 227 g/mol. The number of H-pyrrole nitrogens is 1. The molecule has 0 aliphatic rings. The van der Waals surface area contributed by atoms with E-state index in [1.165, 1.54) is 11.8 Å². The van der Waals surface area contributed by atoms with Crippen LogP contribution in [0, 0.1) is 0 Å². The Bertz CT molecular complexity index is 321. The molecule has 1 rings (SSSR count). The summed E-state index contributed by atoms with van der Waals surface area (Å²) in [5, 5.41) is 0. The van der Waals surface area contributed by atoms with Gasteiger partial charge in [0.2, 0.25) is 0 Å². The number of hydrogen-bond acceptors (Lipinski definition) is 4. The van der Waals surface area contributed by atoms with Gasteiger partial charge in [-0.05, 0) is 19.1 Å². The largest absolute Gasteiger partial charge is 0.465 e. The molecule has 0 aliphatic carbocycles. The summed E-state index contributed by atoms with van der Waals surface area (Å²) in [6.45, 7) is 2.14. The van der Waals surface area contributed by atoms with Gasteiger partial charge in [-0.25, -0.2) is 0 Å². The van der Waals surface area contributed by atoms with Gasteiger partial charge in [0.1, 0.15) is 0 Å². The molecule has 4 nitrogen and oxygen atoms in total. The molecule has 82 valence electrons. The fourth-order valence-electron chi connectivity index (χ4n) is 1.01. The van der Waals surface area contributed by atoms with Crippen molar-refractivity contribution in [2.24, 2.45) is 0 Å². The van der Waals surface area contributed by atoms with Crippen molar-refractivity contribution in [1.29, 1.82) is 0 Å². The zero-order valence-corrected chi connectivity index (χ0v) is 9.30. The van der Waals surface area contributed by atoms with Crippen LogP contribution in [0.3, 0.4) is 0 Å². The van der Waals surface area contributed by atoms with Crippen LogP contribution >= 0.6 is 11.8 Å². The van der Waals surface area contributed by atoms with E-state index in [1.54, 1.807) is 25.3 Å². The van der Waals surface area contributed by atoms with E-state index in [0.717, 1.165) is 0 Å². The Morgan fingerprint density at radius 1 is 1.47 bits per heavy atom. The highest BCUT2D eigenvalue weighted by molar-refractivity contribution is 8.00. The number of rotatable bonds is 6. The zero-order chi connectivity index (χ0) is 11.1. The van der Waals surface area contributed by atoms with Crippen LogP contribution < -0.4 is 0 Å². The van der Waals surface area contributed by atoms with Gasteiger partial charge in [-0.3, -0.25) is 9.59 Å². The first-order valence-electron chi connectivity index (χ1n) is 4.64. The molecular weight excluding hydrogens is 214 g/mol. The van der Waals surface area contributed by atoms with Crippen LogP contribution in [0.25, 0.3) is 0 Å². The second-order valence-electron chi connectivity index (χ2n) is 2.80. The van der Waals surface area contributed by atoms with Crippen molar-refractivity contribution in [3.8, 4) is 0 Å². The molecule has 0 saturated heterocycles. The van der Waals surface area contributed by atoms with Crippen molar-refractivity contribution in [3.63, 3.8) is 0 Å². The summed E-state index contributed by atoms with van der Waals surface area (Å²) < 4.78 is 4.74. The number of thioether (sulfide) groups is 1. The highest BCUT2D eigenvalue weighted by Gasteiger charge is 2.08. The SMILES string of the molecule is CCOC(=O)CSCC(=O)c1ccc[nH]1. The van der Waals surface area contributed by atoms with E-state index in [0.29, 0.717) is 18.1 Å². The number of aromatic nitrogens is 1. The predicted octanol–water partition coefficient (Wildman–Crippen LogP) is 1.49. The second-order valence-corrected chi connectivity index (χ2v) is 3.79. The fourth-order valence-corrected chi connectivity index (χ4v) is 1.70. The maximum Gasteiger partial charge on any atom is 0.315 e. The van der Waals surface area contributed by atoms with E-state index >= 15 is 0 Å². The lowest BCUT2D eigenvalue weighted by Crippen LogP contribution is -2.10. The number of ether oxygens (including phenoxy) is 1. The van der Waals surface area contributed by atoms with E-state index in [1.807, 2.05) is 0 Å². The lowest BCUT2D eigenvalue weighted by molar-refractivity contribution is -0.139. The van der Waals surface area contributed by atoms with Gasteiger partial charge in [0.25, 0.3) is 0 Å². The molecule has 0 bridgehead atoms. The molecule has 0 saturated carbocycles. The molecule has 1 heterocycles. The topological polar surface area (TPSA) is 59.2 Å². The Morgan fingerprint density at radius 3 is 2.87 bits per heavy atom. The maximum atomic E-state index is 11.4. The minimum Gasteiger partial charge on any atom is -0.465 e. The van der Waals surface area contributed by atoms with E-state index in [9.17, 15) is 9.59 Å². The van der Waals surface area contributed by atoms with Crippen molar-refractivity contribution in [1.82, 2.24) is 4.98 Å². The van der Waals surface area contributed by atoms with E-state index in [4.69, 9.17) is 4.74 Å². The fraction of sp³-hybridized carbons (Fsp3) is 0.400. The van der Waals surface area contributed by atoms with E-state index in [-0.39, 0.29) is 17.5 Å². The third kappa shape index (κ3) is 4.20. The Morgan fingerprint density at radius 2 is 2.27 bits per heavy atom. The van der Waals surface area contributed by atoms with Crippen LogP contribution in [0.15, 0.2) is 18.3 Å². The molecule has 1 aromatic rings. The summed E-state index contributed by atoms with van der Waals surface area (Å²) in [7, 11) is 0. The van der Waals surface area contributed by atoms with Gasteiger partial charge in [-0.1, -0.05) is 0 Å². The summed E-state index contributed by atoms with van der Waals surface area (Å²) in [6.07, 6.45) is 1.70. The van der Waals surface area contributed by atoms with Crippen molar-refractivity contribution in [2.75, 3.05) is 18.1 Å². The number of carbonyl (C=O) groups is 2. The Hall–Kier alpha value is -1.23. The minimum absolute atomic E-state index is 0.00528. The van der Waals surface area contributed by atoms with Crippen molar-refractivity contribution in [3.05, 3.63) is 24.0 Å². The third-order valence-electron chi connectivity index (χ3n) is 1.66. The second kappa shape index (κ2) is 6.29. The minimum atomic E-state index is -0.276. The Kier molecular flexibility index (Phi) is 4.97. The summed E-state index contributed by atoms with van der Waals surface area (Å²) in [5.41, 5.74) is 0.575. The monoisotopic (exact) mass is 227 g/mol. The molecule has 0 amide bonds. The smallest absolute Gasteiger partial charge is 0.315 e. The first-order valence-corrected chi connectivity index (χ1v) is 5.79. The van der Waals surface area contributed by atoms with Crippen LogP contribution in [0.5, 0.6) is 0 Å². The quantitative estimate of drug-likeness (QED) is 0.591. The third-order valence-corrected chi connectivity index (χ3v) is 2.56. The standard InChI is InChI=1S/C10H13NO3S/c1-2-14-10(13)7-15-6-9(12)8-4-3-5-11-8/h3-5,11H,2,6-7H2,1H3. The van der Waals surface area contributed by atoms with Crippen LogP contribution in [0.2, 0.25) is 0 Å². The van der Waals surface area contributed by atoms with E-state index < -0.39 is 0 Å². The van der Waals surface area contributed by atoms with Crippen molar-refractivity contribution < 1.29 is 14.3 Å². The van der Waals surface area contributed by atoms with Crippen LogP contribution in [-0.4, -0.2) is 34.8 Å². The Balaban J connectivity index is 2.21. The van der Waals surface area contributed by atoms with Crippen LogP contribution in [0.4, 0.5) is 0 Å². The van der Waals surface area contributed by atoms with Crippen molar-refractivity contribution >= 4 is 23.5 Å². The molecule has 0 fully saturated rings. The van der Waals surface area contributed by atoms with Gasteiger partial charge in [0.05, 0.1) is 23.8 Å². The lowest BCUT2D eigenvalue weighted by Gasteiger charge is -2.00. The van der Waals surface area contributed by atoms with Gasteiger partial charge in [0, 0.05) is 6.20 Å². The number of ketones is 1. The average Bonchev–Trinajstić information content (AvgIpc) is 2.70. The molecule has 1 aromatic heterocycles. The first kappa shape index (κ1) is 11.8.